The Morgan fingerprint density at radius 3 is 2.54 bits per heavy atom. The molecule has 1 fully saturated rings. The summed E-state index contributed by atoms with van der Waals surface area (Å²) < 4.78 is 10.5. The second-order valence-corrected chi connectivity index (χ2v) is 6.74. The molecule has 1 aromatic rings. The predicted octanol–water partition coefficient (Wildman–Crippen LogP) is 2.48. The molecule has 0 radical (unpaired) electrons. The number of hydrogen-bond donors (Lipinski definition) is 1. The summed E-state index contributed by atoms with van der Waals surface area (Å²) in [6.45, 7) is 7.46. The molecular formula is C19H30N2O3. The van der Waals surface area contributed by atoms with Gasteiger partial charge in [0.15, 0.2) is 11.5 Å². The fourth-order valence-electron chi connectivity index (χ4n) is 3.10. The minimum absolute atomic E-state index is 0.0412. The third kappa shape index (κ3) is 5.13. The lowest BCUT2D eigenvalue weighted by Gasteiger charge is -2.35. The van der Waals surface area contributed by atoms with Crippen LogP contribution in [0.4, 0.5) is 0 Å². The Morgan fingerprint density at radius 2 is 1.92 bits per heavy atom. The van der Waals surface area contributed by atoms with Gasteiger partial charge in [-0.15, -0.1) is 0 Å². The molecule has 0 bridgehead atoms. The van der Waals surface area contributed by atoms with E-state index in [1.807, 2.05) is 18.2 Å². The van der Waals surface area contributed by atoms with Crippen molar-refractivity contribution in [1.82, 2.24) is 10.2 Å². The number of carbonyl (C=O) groups excluding carboxylic acids is 1. The highest BCUT2D eigenvalue weighted by Gasteiger charge is 2.20. The monoisotopic (exact) mass is 334 g/mol. The molecule has 1 aromatic carbocycles. The molecule has 5 nitrogen and oxygen atoms in total. The molecule has 134 valence electrons. The minimum Gasteiger partial charge on any atom is -0.493 e. The first-order valence-corrected chi connectivity index (χ1v) is 8.75. The van der Waals surface area contributed by atoms with Crippen molar-refractivity contribution < 1.29 is 14.3 Å². The van der Waals surface area contributed by atoms with E-state index in [4.69, 9.17) is 9.47 Å². The average molecular weight is 334 g/mol. The molecular weight excluding hydrogens is 304 g/mol. The fourth-order valence-corrected chi connectivity index (χ4v) is 3.10. The van der Waals surface area contributed by atoms with E-state index in [0.717, 1.165) is 24.6 Å². The van der Waals surface area contributed by atoms with Crippen LogP contribution in [-0.2, 0) is 11.2 Å². The summed E-state index contributed by atoms with van der Waals surface area (Å²) in [5.74, 6) is 2.20. The molecule has 0 spiro atoms. The van der Waals surface area contributed by atoms with E-state index in [1.165, 1.54) is 12.8 Å². The molecule has 1 N–H and O–H groups in total. The fraction of sp³-hybridized carbons (Fsp3) is 0.632. The van der Waals surface area contributed by atoms with Crippen LogP contribution in [-0.4, -0.2) is 50.7 Å². The van der Waals surface area contributed by atoms with Crippen molar-refractivity contribution in [3.8, 4) is 11.5 Å². The van der Waals surface area contributed by atoms with Crippen LogP contribution in [0.5, 0.6) is 11.5 Å². The SMILES string of the molecule is COc1ccc(CC(=O)NC[C@H](C)N2CCC(C)CC2)cc1OC. The number of piperidine rings is 1. The maximum atomic E-state index is 12.2. The summed E-state index contributed by atoms with van der Waals surface area (Å²) in [6, 6.07) is 5.97. The van der Waals surface area contributed by atoms with Gasteiger partial charge < -0.3 is 14.8 Å². The lowest BCUT2D eigenvalue weighted by molar-refractivity contribution is -0.120. The van der Waals surface area contributed by atoms with Gasteiger partial charge in [-0.05, 0) is 56.5 Å². The highest BCUT2D eigenvalue weighted by molar-refractivity contribution is 5.78. The van der Waals surface area contributed by atoms with Gasteiger partial charge in [0.1, 0.15) is 0 Å². The third-order valence-corrected chi connectivity index (χ3v) is 4.85. The lowest BCUT2D eigenvalue weighted by Crippen LogP contribution is -2.45. The van der Waals surface area contributed by atoms with Crippen molar-refractivity contribution in [1.29, 1.82) is 0 Å². The van der Waals surface area contributed by atoms with Crippen molar-refractivity contribution in [3.63, 3.8) is 0 Å². The van der Waals surface area contributed by atoms with E-state index in [9.17, 15) is 4.79 Å². The summed E-state index contributed by atoms with van der Waals surface area (Å²) in [7, 11) is 3.20. The molecule has 1 amide bonds. The zero-order chi connectivity index (χ0) is 17.5. The first-order valence-electron chi connectivity index (χ1n) is 8.75. The van der Waals surface area contributed by atoms with Crippen molar-refractivity contribution in [2.75, 3.05) is 33.9 Å². The van der Waals surface area contributed by atoms with Gasteiger partial charge in [0, 0.05) is 12.6 Å². The normalized spacial score (nSPS) is 17.3. The lowest BCUT2D eigenvalue weighted by atomic mass is 9.98. The molecule has 0 unspecified atom stereocenters. The Morgan fingerprint density at radius 1 is 1.25 bits per heavy atom. The number of nitrogens with one attached hydrogen (secondary N) is 1. The largest absolute Gasteiger partial charge is 0.493 e. The summed E-state index contributed by atoms with van der Waals surface area (Å²) in [4.78, 5) is 14.7. The maximum absolute atomic E-state index is 12.2. The number of carbonyl (C=O) groups is 1. The van der Waals surface area contributed by atoms with E-state index in [1.54, 1.807) is 14.2 Å². The van der Waals surface area contributed by atoms with Gasteiger partial charge in [-0.25, -0.2) is 0 Å². The van der Waals surface area contributed by atoms with Crippen LogP contribution in [0.3, 0.4) is 0 Å². The smallest absolute Gasteiger partial charge is 0.224 e. The number of methoxy groups -OCH3 is 2. The number of hydrogen-bond acceptors (Lipinski definition) is 4. The molecule has 1 aliphatic rings. The first-order chi connectivity index (χ1) is 11.5. The Hall–Kier alpha value is -1.75. The molecule has 24 heavy (non-hydrogen) atoms. The van der Waals surface area contributed by atoms with Gasteiger partial charge >= 0.3 is 0 Å². The standard InChI is InChI=1S/C19H30N2O3/c1-14-7-9-21(10-8-14)15(2)13-20-19(22)12-16-5-6-17(23-3)18(11-16)24-4/h5-6,11,14-15H,7-10,12-13H2,1-4H3,(H,20,22)/t15-/m0/s1. The van der Waals surface area contributed by atoms with Gasteiger partial charge in [0.2, 0.25) is 5.91 Å². The molecule has 1 aliphatic heterocycles. The molecule has 1 heterocycles. The highest BCUT2D eigenvalue weighted by Crippen LogP contribution is 2.27. The quantitative estimate of drug-likeness (QED) is 0.832. The summed E-state index contributed by atoms with van der Waals surface area (Å²) >= 11 is 0. The number of nitrogens with zero attached hydrogens (tertiary/aromatic N) is 1. The molecule has 0 aliphatic carbocycles. The van der Waals surface area contributed by atoms with Gasteiger partial charge in [-0.2, -0.15) is 0 Å². The Balaban J connectivity index is 1.80. The summed E-state index contributed by atoms with van der Waals surface area (Å²) in [6.07, 6.45) is 2.86. The van der Waals surface area contributed by atoms with Crippen molar-refractivity contribution in [2.45, 2.75) is 39.2 Å². The Labute approximate surface area is 145 Å². The average Bonchev–Trinajstić information content (AvgIpc) is 2.60. The number of amides is 1. The number of ether oxygens (including phenoxy) is 2. The van der Waals surface area contributed by atoms with E-state index in [-0.39, 0.29) is 5.91 Å². The zero-order valence-electron chi connectivity index (χ0n) is 15.3. The number of benzene rings is 1. The van der Waals surface area contributed by atoms with Crippen molar-refractivity contribution in [3.05, 3.63) is 23.8 Å². The first kappa shape index (κ1) is 18.6. The molecule has 1 atom stereocenters. The van der Waals surface area contributed by atoms with Gasteiger partial charge in [-0.3, -0.25) is 9.69 Å². The Kier molecular flexibility index (Phi) is 6.91. The molecule has 1 saturated heterocycles. The molecule has 5 heteroatoms. The van der Waals surface area contributed by atoms with Gasteiger partial charge in [0.05, 0.1) is 20.6 Å². The second kappa shape index (κ2) is 8.92. The molecule has 0 saturated carbocycles. The van der Waals surface area contributed by atoms with Crippen LogP contribution in [0.15, 0.2) is 18.2 Å². The van der Waals surface area contributed by atoms with E-state index < -0.39 is 0 Å². The molecule has 2 rings (SSSR count). The van der Waals surface area contributed by atoms with Crippen molar-refractivity contribution in [2.24, 2.45) is 5.92 Å². The topological polar surface area (TPSA) is 50.8 Å². The Bertz CT molecular complexity index is 539. The maximum Gasteiger partial charge on any atom is 0.224 e. The predicted molar refractivity (Wildman–Crippen MR) is 95.7 cm³/mol. The van der Waals surface area contributed by atoms with Crippen LogP contribution in [0, 0.1) is 5.92 Å². The van der Waals surface area contributed by atoms with Crippen LogP contribution < -0.4 is 14.8 Å². The van der Waals surface area contributed by atoms with Gasteiger partial charge in [0.25, 0.3) is 0 Å². The van der Waals surface area contributed by atoms with Gasteiger partial charge in [-0.1, -0.05) is 13.0 Å². The van der Waals surface area contributed by atoms with Crippen LogP contribution in [0.2, 0.25) is 0 Å². The molecule has 0 aromatic heterocycles. The van der Waals surface area contributed by atoms with Crippen LogP contribution in [0.1, 0.15) is 32.3 Å². The second-order valence-electron chi connectivity index (χ2n) is 6.74. The summed E-state index contributed by atoms with van der Waals surface area (Å²) in [5, 5.41) is 3.05. The van der Waals surface area contributed by atoms with Crippen LogP contribution in [0.25, 0.3) is 0 Å². The third-order valence-electron chi connectivity index (χ3n) is 4.85. The van der Waals surface area contributed by atoms with E-state index in [2.05, 4.69) is 24.1 Å². The highest BCUT2D eigenvalue weighted by atomic mass is 16.5. The van der Waals surface area contributed by atoms with Crippen LogP contribution >= 0.6 is 0 Å². The van der Waals surface area contributed by atoms with E-state index in [0.29, 0.717) is 30.5 Å². The van der Waals surface area contributed by atoms with E-state index >= 15 is 0 Å². The number of rotatable bonds is 7. The zero-order valence-corrected chi connectivity index (χ0v) is 15.3. The minimum atomic E-state index is 0.0412. The number of likely N-dealkylation sites (tertiary alicyclic amines) is 1. The van der Waals surface area contributed by atoms with Crippen molar-refractivity contribution >= 4 is 5.91 Å². The summed E-state index contributed by atoms with van der Waals surface area (Å²) in [5.41, 5.74) is 0.921.